The number of nitrogens with one attached hydrogen (secondary N) is 1. The second-order valence-electron chi connectivity index (χ2n) is 6.82. The summed E-state index contributed by atoms with van der Waals surface area (Å²) >= 11 is 0. The maximum atomic E-state index is 12.5. The lowest BCUT2D eigenvalue weighted by atomic mass is 10.1. The highest BCUT2D eigenvalue weighted by atomic mass is 32.2. The number of rotatable bonds is 6. The molecule has 136 valence electrons. The number of sulfone groups is 1. The minimum Gasteiger partial charge on any atom is -0.348 e. The third-order valence-corrected chi connectivity index (χ3v) is 5.01. The van der Waals surface area contributed by atoms with E-state index in [2.05, 4.69) is 23.7 Å². The summed E-state index contributed by atoms with van der Waals surface area (Å²) in [6, 6.07) is 9.49. The van der Waals surface area contributed by atoms with E-state index in [1.54, 1.807) is 12.1 Å². The molecule has 0 spiro atoms. The number of hydrogen-bond donors (Lipinski definition) is 1. The lowest BCUT2D eigenvalue weighted by Gasteiger charge is -2.13. The number of hydrogen-bond acceptors (Lipinski definition) is 3. The lowest BCUT2D eigenvalue weighted by Crippen LogP contribution is -2.23. The van der Waals surface area contributed by atoms with Crippen LogP contribution in [0.5, 0.6) is 0 Å². The standard InChI is InChI=1S/C19H26N2O3S/c1-13(2)21-14(3)10-18(15(21)4)19(22)20-11-16-6-8-17(9-7-16)12-25(5,23)24/h6-10,13H,11-12H2,1-5H3,(H,20,22). The van der Waals surface area contributed by atoms with E-state index in [0.29, 0.717) is 18.2 Å². The average Bonchev–Trinajstić information content (AvgIpc) is 2.79. The normalized spacial score (nSPS) is 11.8. The van der Waals surface area contributed by atoms with Crippen molar-refractivity contribution in [1.29, 1.82) is 0 Å². The molecule has 0 unspecified atom stereocenters. The zero-order valence-electron chi connectivity index (χ0n) is 15.5. The SMILES string of the molecule is Cc1cc(C(=O)NCc2ccc(CS(C)(=O)=O)cc2)c(C)n1C(C)C. The predicted octanol–water partition coefficient (Wildman–Crippen LogP) is 3.16. The molecule has 2 rings (SSSR count). The van der Waals surface area contributed by atoms with Gasteiger partial charge >= 0.3 is 0 Å². The maximum absolute atomic E-state index is 12.5. The summed E-state index contributed by atoms with van der Waals surface area (Å²) in [5.74, 6) is -0.0684. The minimum absolute atomic E-state index is 0.0286. The van der Waals surface area contributed by atoms with Gasteiger partial charge in [-0.3, -0.25) is 4.79 Å². The van der Waals surface area contributed by atoms with Crippen molar-refractivity contribution in [3.63, 3.8) is 0 Å². The Morgan fingerprint density at radius 2 is 1.68 bits per heavy atom. The molecule has 0 radical (unpaired) electrons. The van der Waals surface area contributed by atoms with Crippen molar-refractivity contribution in [2.45, 2.75) is 46.0 Å². The molecule has 1 aromatic carbocycles. The van der Waals surface area contributed by atoms with E-state index in [9.17, 15) is 13.2 Å². The number of nitrogens with zero attached hydrogens (tertiary/aromatic N) is 1. The number of aromatic nitrogens is 1. The molecule has 1 amide bonds. The number of benzene rings is 1. The van der Waals surface area contributed by atoms with Crippen LogP contribution in [-0.4, -0.2) is 25.1 Å². The van der Waals surface area contributed by atoms with Crippen LogP contribution in [0, 0.1) is 13.8 Å². The quantitative estimate of drug-likeness (QED) is 0.858. The molecule has 1 N–H and O–H groups in total. The molecule has 2 aromatic rings. The summed E-state index contributed by atoms with van der Waals surface area (Å²) in [4.78, 5) is 12.5. The monoisotopic (exact) mass is 362 g/mol. The molecule has 0 saturated heterocycles. The molecule has 0 aliphatic carbocycles. The van der Waals surface area contributed by atoms with E-state index in [-0.39, 0.29) is 11.7 Å². The van der Waals surface area contributed by atoms with Crippen LogP contribution < -0.4 is 5.32 Å². The predicted molar refractivity (Wildman–Crippen MR) is 100 cm³/mol. The van der Waals surface area contributed by atoms with Crippen LogP contribution in [0.15, 0.2) is 30.3 Å². The van der Waals surface area contributed by atoms with Gasteiger partial charge in [0.1, 0.15) is 0 Å². The highest BCUT2D eigenvalue weighted by Crippen LogP contribution is 2.20. The van der Waals surface area contributed by atoms with Gasteiger partial charge in [-0.25, -0.2) is 8.42 Å². The Balaban J connectivity index is 2.04. The van der Waals surface area contributed by atoms with Gasteiger partial charge in [0.2, 0.25) is 0 Å². The fraction of sp³-hybridized carbons (Fsp3) is 0.421. The van der Waals surface area contributed by atoms with Crippen LogP contribution in [0.4, 0.5) is 0 Å². The van der Waals surface area contributed by atoms with Crippen molar-refractivity contribution in [3.8, 4) is 0 Å². The van der Waals surface area contributed by atoms with Crippen molar-refractivity contribution < 1.29 is 13.2 Å². The molecule has 5 nitrogen and oxygen atoms in total. The molecule has 0 aliphatic rings. The first-order chi connectivity index (χ1) is 11.6. The van der Waals surface area contributed by atoms with E-state index in [1.807, 2.05) is 32.0 Å². The average molecular weight is 362 g/mol. The lowest BCUT2D eigenvalue weighted by molar-refractivity contribution is 0.0950. The largest absolute Gasteiger partial charge is 0.348 e. The van der Waals surface area contributed by atoms with Gasteiger partial charge in [-0.2, -0.15) is 0 Å². The van der Waals surface area contributed by atoms with Crippen molar-refractivity contribution >= 4 is 15.7 Å². The summed E-state index contributed by atoms with van der Waals surface area (Å²) in [6.45, 7) is 8.56. The van der Waals surface area contributed by atoms with Gasteiger partial charge < -0.3 is 9.88 Å². The van der Waals surface area contributed by atoms with Gasteiger partial charge in [0.05, 0.1) is 11.3 Å². The van der Waals surface area contributed by atoms with Gasteiger partial charge in [0, 0.05) is 30.2 Å². The van der Waals surface area contributed by atoms with Crippen LogP contribution in [0.3, 0.4) is 0 Å². The molecular formula is C19H26N2O3S. The van der Waals surface area contributed by atoms with Crippen LogP contribution in [0.25, 0.3) is 0 Å². The van der Waals surface area contributed by atoms with Gasteiger partial charge in [-0.1, -0.05) is 24.3 Å². The third-order valence-electron chi connectivity index (χ3n) is 4.15. The molecule has 0 bridgehead atoms. The van der Waals surface area contributed by atoms with E-state index in [1.165, 1.54) is 6.26 Å². The zero-order valence-corrected chi connectivity index (χ0v) is 16.3. The Kier molecular flexibility index (Phi) is 5.72. The molecule has 1 aromatic heterocycles. The topological polar surface area (TPSA) is 68.2 Å². The second-order valence-corrected chi connectivity index (χ2v) is 8.96. The van der Waals surface area contributed by atoms with Crippen molar-refractivity contribution in [1.82, 2.24) is 9.88 Å². The van der Waals surface area contributed by atoms with E-state index in [4.69, 9.17) is 0 Å². The van der Waals surface area contributed by atoms with E-state index < -0.39 is 9.84 Å². The smallest absolute Gasteiger partial charge is 0.253 e. The van der Waals surface area contributed by atoms with Gasteiger partial charge in [0.15, 0.2) is 9.84 Å². The zero-order chi connectivity index (χ0) is 18.8. The molecule has 0 aliphatic heterocycles. The number of aryl methyl sites for hydroxylation is 1. The Labute approximate surface area is 150 Å². The first-order valence-electron chi connectivity index (χ1n) is 8.30. The number of carbonyl (C=O) groups excluding carboxylic acids is 1. The van der Waals surface area contributed by atoms with Gasteiger partial charge in [-0.05, 0) is 44.9 Å². The van der Waals surface area contributed by atoms with Crippen LogP contribution >= 0.6 is 0 Å². The van der Waals surface area contributed by atoms with Crippen LogP contribution in [0.2, 0.25) is 0 Å². The first-order valence-corrected chi connectivity index (χ1v) is 10.4. The Morgan fingerprint density at radius 1 is 1.12 bits per heavy atom. The fourth-order valence-corrected chi connectivity index (χ4v) is 3.93. The van der Waals surface area contributed by atoms with Gasteiger partial charge in [-0.15, -0.1) is 0 Å². The number of amides is 1. The summed E-state index contributed by atoms with van der Waals surface area (Å²) in [7, 11) is -3.04. The van der Waals surface area contributed by atoms with Crippen LogP contribution in [-0.2, 0) is 22.1 Å². The Bertz CT molecular complexity index is 863. The summed E-state index contributed by atoms with van der Waals surface area (Å²) in [5.41, 5.74) is 4.41. The fourth-order valence-electron chi connectivity index (χ4n) is 3.14. The molecule has 0 atom stereocenters. The molecule has 6 heteroatoms. The van der Waals surface area contributed by atoms with Crippen molar-refractivity contribution in [2.75, 3.05) is 6.26 Å². The molecule has 25 heavy (non-hydrogen) atoms. The summed E-state index contributed by atoms with van der Waals surface area (Å²) < 4.78 is 24.8. The molecular weight excluding hydrogens is 336 g/mol. The van der Waals surface area contributed by atoms with Crippen molar-refractivity contribution in [3.05, 3.63) is 58.4 Å². The maximum Gasteiger partial charge on any atom is 0.253 e. The highest BCUT2D eigenvalue weighted by Gasteiger charge is 2.16. The van der Waals surface area contributed by atoms with Gasteiger partial charge in [0.25, 0.3) is 5.91 Å². The molecule has 0 saturated carbocycles. The third kappa shape index (κ3) is 4.95. The van der Waals surface area contributed by atoms with Crippen molar-refractivity contribution in [2.24, 2.45) is 0 Å². The van der Waals surface area contributed by atoms with Crippen LogP contribution in [0.1, 0.15) is 52.8 Å². The van der Waals surface area contributed by atoms with E-state index in [0.717, 1.165) is 22.5 Å². The molecule has 1 heterocycles. The highest BCUT2D eigenvalue weighted by molar-refractivity contribution is 7.89. The Morgan fingerprint density at radius 3 is 2.16 bits per heavy atom. The first kappa shape index (κ1) is 19.2. The Hall–Kier alpha value is -2.08. The number of carbonyl (C=O) groups is 1. The van der Waals surface area contributed by atoms with E-state index >= 15 is 0 Å². The summed E-state index contributed by atoms with van der Waals surface area (Å²) in [6.07, 6.45) is 1.22. The minimum atomic E-state index is -3.04. The second kappa shape index (κ2) is 7.44. The summed E-state index contributed by atoms with van der Waals surface area (Å²) in [5, 5.41) is 2.93. The molecule has 0 fully saturated rings.